The van der Waals surface area contributed by atoms with Crippen LogP contribution in [0.5, 0.6) is 0 Å². The summed E-state index contributed by atoms with van der Waals surface area (Å²) >= 11 is 12.4. The lowest BCUT2D eigenvalue weighted by Crippen LogP contribution is -2.06. The number of hydrogen-bond donors (Lipinski definition) is 0. The van der Waals surface area contributed by atoms with Crippen LogP contribution < -0.4 is 0 Å². The van der Waals surface area contributed by atoms with Crippen molar-refractivity contribution in [3.05, 3.63) is 93.5 Å². The van der Waals surface area contributed by atoms with Crippen molar-refractivity contribution < 1.29 is 4.84 Å². The summed E-state index contributed by atoms with van der Waals surface area (Å²) in [5, 5.41) is 5.71. The number of benzene rings is 3. The zero-order valence-corrected chi connectivity index (χ0v) is 17.2. The van der Waals surface area contributed by atoms with E-state index in [2.05, 4.69) is 54.5 Å². The average molecular weight is 410 g/mol. The molecule has 3 aromatic rings. The molecule has 0 heterocycles. The van der Waals surface area contributed by atoms with Crippen molar-refractivity contribution in [2.45, 2.75) is 26.4 Å². The summed E-state index contributed by atoms with van der Waals surface area (Å²) in [4.78, 5) is 5.79. The van der Waals surface area contributed by atoms with Crippen LogP contribution in [-0.4, -0.2) is 5.71 Å². The van der Waals surface area contributed by atoms with Gasteiger partial charge in [-0.3, -0.25) is 0 Å². The molecule has 0 amide bonds. The smallest absolute Gasteiger partial charge is 0.142 e. The van der Waals surface area contributed by atoms with E-state index in [0.717, 1.165) is 29.7 Å². The maximum absolute atomic E-state index is 6.39. The largest absolute Gasteiger partial charge is 0.391 e. The van der Waals surface area contributed by atoms with Crippen LogP contribution in [0.4, 0.5) is 0 Å². The fourth-order valence-corrected chi connectivity index (χ4v) is 3.84. The van der Waals surface area contributed by atoms with E-state index < -0.39 is 0 Å². The van der Waals surface area contributed by atoms with Crippen LogP contribution in [0.25, 0.3) is 11.1 Å². The van der Waals surface area contributed by atoms with Crippen molar-refractivity contribution in [3.63, 3.8) is 0 Å². The second-order valence-electron chi connectivity index (χ2n) is 7.10. The lowest BCUT2D eigenvalue weighted by molar-refractivity contribution is 0.129. The molecule has 0 aliphatic heterocycles. The molecule has 1 aliphatic rings. The van der Waals surface area contributed by atoms with Crippen molar-refractivity contribution in [1.29, 1.82) is 0 Å². The van der Waals surface area contributed by atoms with E-state index in [-0.39, 0.29) is 0 Å². The zero-order valence-electron chi connectivity index (χ0n) is 15.7. The summed E-state index contributed by atoms with van der Waals surface area (Å²) in [7, 11) is 0. The van der Waals surface area contributed by atoms with Gasteiger partial charge in [-0.05, 0) is 54.2 Å². The molecule has 28 heavy (non-hydrogen) atoms. The molecular weight excluding hydrogens is 389 g/mol. The van der Waals surface area contributed by atoms with Crippen LogP contribution in [0.3, 0.4) is 0 Å². The van der Waals surface area contributed by atoms with Gasteiger partial charge in [0.05, 0.1) is 10.7 Å². The van der Waals surface area contributed by atoms with Gasteiger partial charge in [-0.1, -0.05) is 83.0 Å². The molecule has 2 nitrogen and oxygen atoms in total. The van der Waals surface area contributed by atoms with Crippen LogP contribution in [0.1, 0.15) is 29.5 Å². The first-order chi connectivity index (χ1) is 13.6. The Morgan fingerprint density at radius 1 is 1.00 bits per heavy atom. The molecular formula is C24H21Cl2NO. The van der Waals surface area contributed by atoms with E-state index in [9.17, 15) is 0 Å². The average Bonchev–Trinajstić information content (AvgIpc) is 3.53. The van der Waals surface area contributed by atoms with Gasteiger partial charge in [0.15, 0.2) is 0 Å². The Bertz CT molecular complexity index is 1010. The third-order valence-corrected chi connectivity index (χ3v) is 5.63. The Labute approximate surface area is 175 Å². The molecule has 4 heteroatoms. The lowest BCUT2D eigenvalue weighted by atomic mass is 9.97. The molecule has 0 saturated heterocycles. The van der Waals surface area contributed by atoms with Crippen LogP contribution in [0.15, 0.2) is 71.9 Å². The summed E-state index contributed by atoms with van der Waals surface area (Å²) in [6.45, 7) is 2.55. The molecule has 0 radical (unpaired) electrons. The predicted octanol–water partition coefficient (Wildman–Crippen LogP) is 7.30. The normalized spacial score (nSPS) is 14.2. The van der Waals surface area contributed by atoms with E-state index in [0.29, 0.717) is 22.6 Å². The van der Waals surface area contributed by atoms with Crippen molar-refractivity contribution in [2.75, 3.05) is 0 Å². The second kappa shape index (κ2) is 8.38. The second-order valence-corrected chi connectivity index (χ2v) is 7.95. The van der Waals surface area contributed by atoms with Crippen LogP contribution in [-0.2, 0) is 11.4 Å². The molecule has 0 N–H and O–H groups in total. The van der Waals surface area contributed by atoms with Crippen molar-refractivity contribution in [3.8, 4) is 11.1 Å². The van der Waals surface area contributed by atoms with Crippen molar-refractivity contribution in [1.82, 2.24) is 0 Å². The van der Waals surface area contributed by atoms with Gasteiger partial charge in [-0.2, -0.15) is 0 Å². The van der Waals surface area contributed by atoms with E-state index in [1.165, 1.54) is 16.7 Å². The first-order valence-electron chi connectivity index (χ1n) is 9.42. The first-order valence-corrected chi connectivity index (χ1v) is 10.2. The number of hydrogen-bond acceptors (Lipinski definition) is 2. The molecule has 0 bridgehead atoms. The molecule has 4 rings (SSSR count). The highest BCUT2D eigenvalue weighted by molar-refractivity contribution is 6.37. The quantitative estimate of drug-likeness (QED) is 0.309. The number of rotatable bonds is 6. The lowest BCUT2D eigenvalue weighted by Gasteiger charge is -2.12. The molecule has 1 saturated carbocycles. The molecule has 0 unspecified atom stereocenters. The van der Waals surface area contributed by atoms with Crippen LogP contribution in [0, 0.1) is 12.8 Å². The summed E-state index contributed by atoms with van der Waals surface area (Å²) in [5.41, 5.74) is 6.58. The Balaban J connectivity index is 1.55. The minimum absolute atomic E-state index is 0.412. The number of oxime groups is 1. The van der Waals surface area contributed by atoms with Gasteiger partial charge in [0.1, 0.15) is 6.61 Å². The van der Waals surface area contributed by atoms with E-state index >= 15 is 0 Å². The van der Waals surface area contributed by atoms with Gasteiger partial charge < -0.3 is 4.84 Å². The molecule has 1 aliphatic carbocycles. The van der Waals surface area contributed by atoms with Gasteiger partial charge >= 0.3 is 0 Å². The third-order valence-electron chi connectivity index (χ3n) is 5.08. The fourth-order valence-electron chi connectivity index (χ4n) is 3.34. The summed E-state index contributed by atoms with van der Waals surface area (Å²) < 4.78 is 0. The predicted molar refractivity (Wildman–Crippen MR) is 117 cm³/mol. The highest BCUT2D eigenvalue weighted by atomic mass is 35.5. The van der Waals surface area contributed by atoms with Gasteiger partial charge in [0.2, 0.25) is 0 Å². The molecule has 142 valence electrons. The van der Waals surface area contributed by atoms with E-state index in [1.807, 2.05) is 18.2 Å². The first kappa shape index (κ1) is 19.0. The number of halogens is 2. The Hall–Kier alpha value is -2.29. The van der Waals surface area contributed by atoms with Gasteiger partial charge in [-0.15, -0.1) is 0 Å². The van der Waals surface area contributed by atoms with Crippen molar-refractivity contribution in [2.24, 2.45) is 11.1 Å². The number of nitrogens with zero attached hydrogens (tertiary/aromatic N) is 1. The summed E-state index contributed by atoms with van der Waals surface area (Å²) in [5.74, 6) is 0.412. The van der Waals surface area contributed by atoms with Gasteiger partial charge in [0.25, 0.3) is 0 Å². The topological polar surface area (TPSA) is 21.6 Å². The molecule has 1 fully saturated rings. The summed E-state index contributed by atoms with van der Waals surface area (Å²) in [6.07, 6.45) is 2.23. The fraction of sp³-hybridized carbons (Fsp3) is 0.208. The van der Waals surface area contributed by atoms with Gasteiger partial charge in [0, 0.05) is 16.5 Å². The third kappa shape index (κ3) is 4.24. The zero-order chi connectivity index (χ0) is 19.5. The Morgan fingerprint density at radius 3 is 2.50 bits per heavy atom. The van der Waals surface area contributed by atoms with E-state index in [1.54, 1.807) is 6.07 Å². The summed E-state index contributed by atoms with van der Waals surface area (Å²) in [6, 6.07) is 22.2. The highest BCUT2D eigenvalue weighted by Crippen LogP contribution is 2.36. The Morgan fingerprint density at radius 2 is 1.79 bits per heavy atom. The maximum Gasteiger partial charge on any atom is 0.142 e. The molecule has 0 atom stereocenters. The minimum Gasteiger partial charge on any atom is -0.391 e. The minimum atomic E-state index is 0.412. The SMILES string of the molecule is Cc1c(CON=C(c2ccc(Cl)cc2Cl)C2CC2)cccc1-c1ccccc1. The molecule has 0 spiro atoms. The van der Waals surface area contributed by atoms with Crippen molar-refractivity contribution >= 4 is 28.9 Å². The Kier molecular flexibility index (Phi) is 5.70. The highest BCUT2D eigenvalue weighted by Gasteiger charge is 2.30. The molecule has 0 aromatic heterocycles. The molecule has 3 aromatic carbocycles. The monoisotopic (exact) mass is 409 g/mol. The van der Waals surface area contributed by atoms with E-state index in [4.69, 9.17) is 28.0 Å². The van der Waals surface area contributed by atoms with Crippen LogP contribution >= 0.6 is 23.2 Å². The van der Waals surface area contributed by atoms with Gasteiger partial charge in [-0.25, -0.2) is 0 Å². The standard InChI is InChI=1S/C24H21Cl2NO/c1-16-19(8-5-9-21(16)17-6-3-2-4-7-17)15-28-27-24(18-10-11-18)22-13-12-20(25)14-23(22)26/h2-9,12-14,18H,10-11,15H2,1H3. The maximum atomic E-state index is 6.39. The van der Waals surface area contributed by atoms with Crippen LogP contribution in [0.2, 0.25) is 10.0 Å².